The molecule has 0 saturated heterocycles. The maximum absolute atomic E-state index is 12.9. The predicted molar refractivity (Wildman–Crippen MR) is 102 cm³/mol. The van der Waals surface area contributed by atoms with Crippen molar-refractivity contribution >= 4 is 17.7 Å². The quantitative estimate of drug-likeness (QED) is 0.573. The van der Waals surface area contributed by atoms with Gasteiger partial charge in [0.1, 0.15) is 0 Å². The van der Waals surface area contributed by atoms with Gasteiger partial charge in [-0.3, -0.25) is 14.5 Å². The van der Waals surface area contributed by atoms with Crippen LogP contribution in [0.1, 0.15) is 54.9 Å². The Labute approximate surface area is 158 Å². The van der Waals surface area contributed by atoms with E-state index < -0.39 is 17.9 Å². The number of methoxy groups -OCH3 is 1. The third-order valence-electron chi connectivity index (χ3n) is 4.76. The fourth-order valence-electron chi connectivity index (χ4n) is 3.06. The van der Waals surface area contributed by atoms with Gasteiger partial charge in [-0.15, -0.1) is 0 Å². The van der Waals surface area contributed by atoms with Crippen LogP contribution in [-0.2, 0) is 11.3 Å². The molecule has 0 unspecified atom stereocenters. The lowest BCUT2D eigenvalue weighted by Crippen LogP contribution is -2.36. The molecule has 2 aromatic rings. The summed E-state index contributed by atoms with van der Waals surface area (Å²) in [6.07, 6.45) is 0. The van der Waals surface area contributed by atoms with Crippen molar-refractivity contribution in [3.05, 3.63) is 57.9 Å². The molecule has 1 aromatic heterocycles. The molecule has 0 fully saturated rings. The van der Waals surface area contributed by atoms with Gasteiger partial charge >= 0.3 is 5.97 Å². The van der Waals surface area contributed by atoms with Crippen molar-refractivity contribution in [2.45, 2.75) is 33.4 Å². The lowest BCUT2D eigenvalue weighted by atomic mass is 10.0. The van der Waals surface area contributed by atoms with Gasteiger partial charge < -0.3 is 15.5 Å². The number of aryl methyl sites for hydroxylation is 1. The number of nitrogens with one attached hydrogen (secondary N) is 1. The third-order valence-corrected chi connectivity index (χ3v) is 4.76. The zero-order chi connectivity index (χ0) is 20.3. The predicted octanol–water partition coefficient (Wildman–Crippen LogP) is 2.22. The van der Waals surface area contributed by atoms with E-state index >= 15 is 0 Å². The Balaban J connectivity index is 2.21. The summed E-state index contributed by atoms with van der Waals surface area (Å²) in [4.78, 5) is 41.1. The number of amides is 1. The van der Waals surface area contributed by atoms with Crippen molar-refractivity contribution in [1.82, 2.24) is 9.88 Å². The molecular formula is C20H25N3O4. The van der Waals surface area contributed by atoms with Crippen LogP contribution < -0.4 is 5.73 Å². The molecule has 0 radical (unpaired) electrons. The van der Waals surface area contributed by atoms with Crippen LogP contribution in [-0.4, -0.2) is 47.7 Å². The fraction of sp³-hybridized carbons (Fsp3) is 0.350. The summed E-state index contributed by atoms with van der Waals surface area (Å²) in [6.45, 7) is 5.73. The first-order valence-corrected chi connectivity index (χ1v) is 8.58. The lowest BCUT2D eigenvalue weighted by Gasteiger charge is -2.23. The highest BCUT2D eigenvalue weighted by Gasteiger charge is 2.27. The van der Waals surface area contributed by atoms with Crippen LogP contribution in [0.2, 0.25) is 0 Å². The zero-order valence-corrected chi connectivity index (χ0v) is 16.3. The monoisotopic (exact) mass is 371 g/mol. The molecule has 1 heterocycles. The minimum Gasteiger partial charge on any atom is -0.465 e. The Hall–Kier alpha value is -2.93. The van der Waals surface area contributed by atoms with E-state index in [0.29, 0.717) is 34.6 Å². The van der Waals surface area contributed by atoms with Gasteiger partial charge in [0, 0.05) is 17.8 Å². The van der Waals surface area contributed by atoms with Crippen molar-refractivity contribution in [1.29, 1.82) is 0 Å². The second-order valence-corrected chi connectivity index (χ2v) is 6.64. The standard InChI is InChI=1S/C20H25N3O4/c1-11-16(20(26)27-5)12(2)22-17(11)18(24)13(3)23(4)10-14-7-6-8-15(9-14)19(21)25/h6-9,13,22H,10H2,1-5H3,(H2,21,25)/t13-/m1/s1. The molecular weight excluding hydrogens is 346 g/mol. The highest BCUT2D eigenvalue weighted by Crippen LogP contribution is 2.21. The first kappa shape index (κ1) is 20.4. The second kappa shape index (κ2) is 8.18. The number of primary amides is 1. The van der Waals surface area contributed by atoms with Crippen molar-refractivity contribution in [3.63, 3.8) is 0 Å². The van der Waals surface area contributed by atoms with Crippen molar-refractivity contribution in [2.24, 2.45) is 5.73 Å². The number of benzene rings is 1. The molecule has 1 aromatic carbocycles. The zero-order valence-electron chi connectivity index (χ0n) is 16.3. The summed E-state index contributed by atoms with van der Waals surface area (Å²) in [7, 11) is 3.14. The van der Waals surface area contributed by atoms with Crippen LogP contribution in [0.15, 0.2) is 24.3 Å². The molecule has 1 atom stereocenters. The molecule has 7 nitrogen and oxygen atoms in total. The average Bonchev–Trinajstić information content (AvgIpc) is 2.94. The summed E-state index contributed by atoms with van der Waals surface area (Å²) in [5, 5.41) is 0. The Morgan fingerprint density at radius 2 is 1.93 bits per heavy atom. The summed E-state index contributed by atoms with van der Waals surface area (Å²) >= 11 is 0. The maximum Gasteiger partial charge on any atom is 0.339 e. The van der Waals surface area contributed by atoms with E-state index in [1.54, 1.807) is 39.0 Å². The molecule has 144 valence electrons. The molecule has 0 saturated carbocycles. The minimum atomic E-state index is -0.489. The Kier molecular flexibility index (Phi) is 6.17. The van der Waals surface area contributed by atoms with Crippen molar-refractivity contribution in [2.75, 3.05) is 14.2 Å². The van der Waals surface area contributed by atoms with E-state index in [4.69, 9.17) is 10.5 Å². The first-order chi connectivity index (χ1) is 12.7. The molecule has 7 heteroatoms. The number of esters is 1. The molecule has 27 heavy (non-hydrogen) atoms. The van der Waals surface area contributed by atoms with Gasteiger partial charge in [-0.05, 0) is 51.1 Å². The minimum absolute atomic E-state index is 0.126. The summed E-state index contributed by atoms with van der Waals surface area (Å²) in [5.41, 5.74) is 8.61. The largest absolute Gasteiger partial charge is 0.465 e. The van der Waals surface area contributed by atoms with E-state index in [1.807, 2.05) is 18.0 Å². The Bertz CT molecular complexity index is 885. The van der Waals surface area contributed by atoms with Gasteiger partial charge in [0.05, 0.1) is 24.4 Å². The molecule has 0 aliphatic heterocycles. The molecule has 2 rings (SSSR count). The van der Waals surface area contributed by atoms with Crippen molar-refractivity contribution in [3.8, 4) is 0 Å². The van der Waals surface area contributed by atoms with Gasteiger partial charge in [0.2, 0.25) is 5.91 Å². The first-order valence-electron chi connectivity index (χ1n) is 8.58. The van der Waals surface area contributed by atoms with Gasteiger partial charge in [0.25, 0.3) is 0 Å². The van der Waals surface area contributed by atoms with Crippen LogP contribution in [0, 0.1) is 13.8 Å². The maximum atomic E-state index is 12.9. The normalized spacial score (nSPS) is 12.1. The number of nitrogens with zero attached hydrogens (tertiary/aromatic N) is 1. The van der Waals surface area contributed by atoms with Crippen LogP contribution in [0.5, 0.6) is 0 Å². The number of ether oxygens (including phenoxy) is 1. The van der Waals surface area contributed by atoms with Crippen molar-refractivity contribution < 1.29 is 19.1 Å². The van der Waals surface area contributed by atoms with Gasteiger partial charge in [0.15, 0.2) is 5.78 Å². The number of hydrogen-bond acceptors (Lipinski definition) is 5. The van der Waals surface area contributed by atoms with Crippen LogP contribution >= 0.6 is 0 Å². The highest BCUT2D eigenvalue weighted by atomic mass is 16.5. The highest BCUT2D eigenvalue weighted by molar-refractivity contribution is 6.03. The number of hydrogen-bond donors (Lipinski definition) is 2. The number of H-pyrrole nitrogens is 1. The summed E-state index contributed by atoms with van der Waals surface area (Å²) < 4.78 is 4.79. The number of likely N-dealkylation sites (N-methyl/N-ethyl adjacent to an activating group) is 1. The van der Waals surface area contributed by atoms with E-state index in [-0.39, 0.29) is 5.78 Å². The molecule has 0 aliphatic carbocycles. The molecule has 0 spiro atoms. The van der Waals surface area contributed by atoms with Gasteiger partial charge in [-0.2, -0.15) is 0 Å². The number of Topliss-reactive ketones (excluding diaryl/α,β-unsaturated/α-hetero) is 1. The van der Waals surface area contributed by atoms with Gasteiger partial charge in [-0.1, -0.05) is 12.1 Å². The number of aromatic nitrogens is 1. The number of rotatable bonds is 7. The summed E-state index contributed by atoms with van der Waals surface area (Å²) in [5.74, 6) is -1.08. The summed E-state index contributed by atoms with van der Waals surface area (Å²) in [6, 6.07) is 6.57. The number of carbonyl (C=O) groups is 3. The molecule has 3 N–H and O–H groups in total. The molecule has 1 amide bonds. The van der Waals surface area contributed by atoms with Crippen LogP contribution in [0.3, 0.4) is 0 Å². The third kappa shape index (κ3) is 4.25. The molecule has 0 bridgehead atoms. The SMILES string of the molecule is COC(=O)c1c(C)[nH]c(C(=O)[C@@H](C)N(C)Cc2cccc(C(N)=O)c2)c1C. The van der Waals surface area contributed by atoms with Crippen LogP contribution in [0.25, 0.3) is 0 Å². The Morgan fingerprint density at radius 3 is 2.52 bits per heavy atom. The topological polar surface area (TPSA) is 105 Å². The fourth-order valence-corrected chi connectivity index (χ4v) is 3.06. The van der Waals surface area contributed by atoms with E-state index in [0.717, 1.165) is 5.56 Å². The van der Waals surface area contributed by atoms with E-state index in [9.17, 15) is 14.4 Å². The van der Waals surface area contributed by atoms with Crippen LogP contribution in [0.4, 0.5) is 0 Å². The smallest absolute Gasteiger partial charge is 0.339 e. The number of carbonyl (C=O) groups excluding carboxylic acids is 3. The average molecular weight is 371 g/mol. The van der Waals surface area contributed by atoms with Gasteiger partial charge in [-0.25, -0.2) is 4.79 Å². The molecule has 0 aliphatic rings. The second-order valence-electron chi connectivity index (χ2n) is 6.64. The number of ketones is 1. The Morgan fingerprint density at radius 1 is 1.26 bits per heavy atom. The van der Waals surface area contributed by atoms with E-state index in [1.165, 1.54) is 7.11 Å². The lowest BCUT2D eigenvalue weighted by molar-refractivity contribution is 0.0599. The number of aromatic amines is 1. The van der Waals surface area contributed by atoms with E-state index in [2.05, 4.69) is 4.98 Å². The number of nitrogens with two attached hydrogens (primary N) is 1.